The number of piperazine rings is 1. The van der Waals surface area contributed by atoms with Crippen LogP contribution in [0.3, 0.4) is 0 Å². The average Bonchev–Trinajstić information content (AvgIpc) is 2.85. The van der Waals surface area contributed by atoms with Crippen molar-refractivity contribution in [2.24, 2.45) is 0 Å². The maximum Gasteiger partial charge on any atom is 0.409 e. The van der Waals surface area contributed by atoms with Gasteiger partial charge in [0, 0.05) is 38.1 Å². The molecular weight excluding hydrogens is 446 g/mol. The highest BCUT2D eigenvalue weighted by molar-refractivity contribution is 5.91. The number of nitrogens with zero attached hydrogens (tertiary/aromatic N) is 4. The summed E-state index contributed by atoms with van der Waals surface area (Å²) in [5, 5.41) is 2.85. The van der Waals surface area contributed by atoms with Gasteiger partial charge in [0.15, 0.2) is 0 Å². The molecule has 2 aliphatic rings. The van der Waals surface area contributed by atoms with E-state index >= 15 is 0 Å². The van der Waals surface area contributed by atoms with Crippen LogP contribution in [-0.4, -0.2) is 59.7 Å². The second-order valence-electron chi connectivity index (χ2n) is 8.63. The topological polar surface area (TPSA) is 96.9 Å². The van der Waals surface area contributed by atoms with Crippen molar-refractivity contribution in [2.75, 3.05) is 43.0 Å². The van der Waals surface area contributed by atoms with E-state index in [2.05, 4.69) is 20.2 Å². The zero-order chi connectivity index (χ0) is 24.8. The molecule has 1 N–H and O–H groups in total. The number of rotatable bonds is 6. The van der Waals surface area contributed by atoms with Gasteiger partial charge in [-0.25, -0.2) is 9.78 Å². The van der Waals surface area contributed by atoms with Crippen molar-refractivity contribution in [3.05, 3.63) is 71.4 Å². The van der Waals surface area contributed by atoms with Gasteiger partial charge in [-0.2, -0.15) is 0 Å². The smallest absolute Gasteiger partial charge is 0.409 e. The van der Waals surface area contributed by atoms with Crippen molar-refractivity contribution >= 4 is 23.5 Å². The Labute approximate surface area is 205 Å². The second-order valence-corrected chi connectivity index (χ2v) is 8.63. The van der Waals surface area contributed by atoms with E-state index in [1.807, 2.05) is 38.1 Å². The number of hydrogen-bond acceptors (Lipinski definition) is 7. The van der Waals surface area contributed by atoms with Gasteiger partial charge in [0.2, 0.25) is 5.91 Å². The van der Waals surface area contributed by atoms with E-state index in [9.17, 15) is 9.59 Å². The zero-order valence-corrected chi connectivity index (χ0v) is 20.4. The highest BCUT2D eigenvalue weighted by Gasteiger charge is 2.23. The van der Waals surface area contributed by atoms with E-state index in [0.29, 0.717) is 38.6 Å². The number of aromatic nitrogens is 2. The summed E-state index contributed by atoms with van der Waals surface area (Å²) in [7, 11) is 0. The molecule has 0 aromatic carbocycles. The summed E-state index contributed by atoms with van der Waals surface area (Å²) in [6, 6.07) is 7.66. The summed E-state index contributed by atoms with van der Waals surface area (Å²) >= 11 is 0. The normalized spacial score (nSPS) is 17.7. The Morgan fingerprint density at radius 2 is 1.94 bits per heavy atom. The molecule has 0 bridgehead atoms. The van der Waals surface area contributed by atoms with Crippen LogP contribution in [0, 0.1) is 6.92 Å². The molecule has 4 heterocycles. The van der Waals surface area contributed by atoms with Gasteiger partial charge in [-0.15, -0.1) is 0 Å². The fraction of sp³-hybridized carbons (Fsp3) is 0.385. The molecule has 35 heavy (non-hydrogen) atoms. The number of carbonyl (C=O) groups is 2. The summed E-state index contributed by atoms with van der Waals surface area (Å²) in [6.45, 7) is 8.73. The molecule has 1 saturated heterocycles. The highest BCUT2D eigenvalue weighted by Crippen LogP contribution is 2.31. The number of carbonyl (C=O) groups excluding carboxylic acids is 2. The molecule has 2 aliphatic heterocycles. The van der Waals surface area contributed by atoms with Crippen LogP contribution < -0.4 is 10.2 Å². The first-order valence-corrected chi connectivity index (χ1v) is 11.8. The molecule has 2 aromatic rings. The zero-order valence-electron chi connectivity index (χ0n) is 20.4. The fourth-order valence-corrected chi connectivity index (χ4v) is 4.21. The van der Waals surface area contributed by atoms with Crippen molar-refractivity contribution in [3.63, 3.8) is 0 Å². The molecule has 1 unspecified atom stereocenters. The van der Waals surface area contributed by atoms with E-state index in [1.54, 1.807) is 36.5 Å². The van der Waals surface area contributed by atoms with Gasteiger partial charge in [0.05, 0.1) is 31.2 Å². The Bertz CT molecular complexity index is 1120. The molecule has 9 nitrogen and oxygen atoms in total. The fourth-order valence-electron chi connectivity index (χ4n) is 4.21. The first kappa shape index (κ1) is 24.3. The lowest BCUT2D eigenvalue weighted by atomic mass is 9.98. The van der Waals surface area contributed by atoms with E-state index < -0.39 is 0 Å². The molecule has 1 atom stereocenters. The molecule has 184 valence electrons. The van der Waals surface area contributed by atoms with Crippen molar-refractivity contribution in [2.45, 2.75) is 33.3 Å². The van der Waals surface area contributed by atoms with Crippen LogP contribution in [0.5, 0.6) is 0 Å². The SMILES string of the molecule is CCOC(=O)N1CCN(c2ccc(NC(=O)CC3=COC(c4ccnc(C)c4)C(C)=C3)nc2)CC1. The van der Waals surface area contributed by atoms with Crippen LogP contribution in [0.1, 0.15) is 37.6 Å². The second kappa shape index (κ2) is 11.0. The third kappa shape index (κ3) is 6.17. The summed E-state index contributed by atoms with van der Waals surface area (Å²) in [5.41, 5.74) is 4.76. The number of anilines is 2. The monoisotopic (exact) mass is 477 g/mol. The van der Waals surface area contributed by atoms with Crippen molar-refractivity contribution in [1.29, 1.82) is 0 Å². The Kier molecular flexibility index (Phi) is 7.64. The van der Waals surface area contributed by atoms with Crippen LogP contribution >= 0.6 is 0 Å². The van der Waals surface area contributed by atoms with Crippen LogP contribution in [0.15, 0.2) is 60.1 Å². The summed E-state index contributed by atoms with van der Waals surface area (Å²) in [4.78, 5) is 36.9. The third-order valence-corrected chi connectivity index (χ3v) is 5.96. The van der Waals surface area contributed by atoms with Crippen LogP contribution in [0.4, 0.5) is 16.3 Å². The molecule has 2 amide bonds. The maximum absolute atomic E-state index is 12.6. The first-order chi connectivity index (χ1) is 16.9. The Morgan fingerprint density at radius 1 is 1.14 bits per heavy atom. The minimum absolute atomic E-state index is 0.162. The minimum atomic E-state index is -0.269. The molecule has 9 heteroatoms. The number of ether oxygens (including phenoxy) is 2. The highest BCUT2D eigenvalue weighted by atomic mass is 16.6. The predicted octanol–water partition coefficient (Wildman–Crippen LogP) is 3.99. The molecule has 4 rings (SSSR count). The molecule has 0 saturated carbocycles. The van der Waals surface area contributed by atoms with Gasteiger partial charge >= 0.3 is 6.09 Å². The standard InChI is InChI=1S/C26H31N5O4/c1-4-34-26(33)31-11-9-30(10-12-31)22-5-6-23(28-16-22)29-24(32)15-20-13-18(2)25(35-17-20)21-7-8-27-19(3)14-21/h5-8,13-14,16-17,25H,4,9-12,15H2,1-3H3,(H,28,29,32). The van der Waals surface area contributed by atoms with Gasteiger partial charge < -0.3 is 24.6 Å². The van der Waals surface area contributed by atoms with E-state index in [1.165, 1.54) is 0 Å². The van der Waals surface area contributed by atoms with E-state index in [0.717, 1.165) is 28.1 Å². The van der Waals surface area contributed by atoms with E-state index in [4.69, 9.17) is 9.47 Å². The number of amides is 2. The van der Waals surface area contributed by atoms with Crippen LogP contribution in [0.25, 0.3) is 0 Å². The Hall–Kier alpha value is -3.88. The third-order valence-electron chi connectivity index (χ3n) is 5.96. The first-order valence-electron chi connectivity index (χ1n) is 11.8. The number of pyridine rings is 2. The number of hydrogen-bond donors (Lipinski definition) is 1. The summed E-state index contributed by atoms with van der Waals surface area (Å²) in [5.74, 6) is 0.331. The van der Waals surface area contributed by atoms with Crippen molar-refractivity contribution in [3.8, 4) is 0 Å². The van der Waals surface area contributed by atoms with Crippen LogP contribution in [0.2, 0.25) is 0 Å². The number of aryl methyl sites for hydroxylation is 1. The summed E-state index contributed by atoms with van der Waals surface area (Å²) < 4.78 is 11.0. The van der Waals surface area contributed by atoms with Crippen molar-refractivity contribution in [1.82, 2.24) is 14.9 Å². The Balaban J connectivity index is 1.27. The van der Waals surface area contributed by atoms with Gasteiger partial charge in [-0.1, -0.05) is 6.08 Å². The van der Waals surface area contributed by atoms with E-state index in [-0.39, 0.29) is 24.5 Å². The lowest BCUT2D eigenvalue weighted by Gasteiger charge is -2.35. The van der Waals surface area contributed by atoms with Gasteiger partial charge in [0.1, 0.15) is 11.9 Å². The maximum atomic E-state index is 12.6. The molecule has 2 aromatic heterocycles. The number of nitrogens with one attached hydrogen (secondary N) is 1. The predicted molar refractivity (Wildman–Crippen MR) is 133 cm³/mol. The molecule has 1 fully saturated rings. The van der Waals surface area contributed by atoms with Crippen LogP contribution in [-0.2, 0) is 14.3 Å². The molecule has 0 aliphatic carbocycles. The lowest BCUT2D eigenvalue weighted by molar-refractivity contribution is -0.115. The largest absolute Gasteiger partial charge is 0.489 e. The van der Waals surface area contributed by atoms with Gasteiger partial charge in [-0.3, -0.25) is 9.78 Å². The Morgan fingerprint density at radius 3 is 2.60 bits per heavy atom. The minimum Gasteiger partial charge on any atom is -0.489 e. The molecular formula is C26H31N5O4. The average molecular weight is 478 g/mol. The molecule has 0 radical (unpaired) electrons. The lowest BCUT2D eigenvalue weighted by Crippen LogP contribution is -2.49. The van der Waals surface area contributed by atoms with Crippen molar-refractivity contribution < 1.29 is 19.1 Å². The number of allylic oxidation sites excluding steroid dienone is 1. The van der Waals surface area contributed by atoms with Gasteiger partial charge in [0.25, 0.3) is 0 Å². The molecule has 0 spiro atoms. The summed E-state index contributed by atoms with van der Waals surface area (Å²) in [6.07, 6.45) is 6.92. The van der Waals surface area contributed by atoms with Gasteiger partial charge in [-0.05, 0) is 61.7 Å². The quantitative estimate of drug-likeness (QED) is 0.672.